The number of nitrogens with one attached hydrogen (secondary N) is 1. The lowest BCUT2D eigenvalue weighted by molar-refractivity contribution is 0.990. The molecular formula is C13H15ClN4. The van der Waals surface area contributed by atoms with E-state index in [1.807, 2.05) is 12.1 Å². The molecule has 0 aliphatic heterocycles. The summed E-state index contributed by atoms with van der Waals surface area (Å²) in [5, 5.41) is 3.53. The first-order valence-electron chi connectivity index (χ1n) is 5.73. The molecule has 1 aromatic heterocycles. The van der Waals surface area contributed by atoms with Gasteiger partial charge < -0.3 is 11.1 Å². The summed E-state index contributed by atoms with van der Waals surface area (Å²) in [6.45, 7) is 2.88. The lowest BCUT2D eigenvalue weighted by Crippen LogP contribution is -2.08. The average molecular weight is 263 g/mol. The van der Waals surface area contributed by atoms with Gasteiger partial charge in [-0.3, -0.25) is 0 Å². The van der Waals surface area contributed by atoms with Crippen LogP contribution < -0.4 is 11.1 Å². The predicted octanol–water partition coefficient (Wildman–Crippen LogP) is 2.68. The summed E-state index contributed by atoms with van der Waals surface area (Å²) >= 11 is 5.80. The van der Waals surface area contributed by atoms with E-state index in [1.165, 1.54) is 11.1 Å². The van der Waals surface area contributed by atoms with Crippen molar-refractivity contribution in [2.75, 3.05) is 17.6 Å². The Labute approximate surface area is 111 Å². The van der Waals surface area contributed by atoms with Gasteiger partial charge in [0.05, 0.1) is 0 Å². The molecular weight excluding hydrogens is 248 g/mol. The van der Waals surface area contributed by atoms with E-state index >= 15 is 0 Å². The molecule has 0 atom stereocenters. The number of aryl methyl sites for hydroxylation is 1. The molecule has 0 fully saturated rings. The molecule has 1 heterocycles. The Hall–Kier alpha value is -1.81. The van der Waals surface area contributed by atoms with E-state index in [9.17, 15) is 0 Å². The molecule has 4 nitrogen and oxygen atoms in total. The minimum Gasteiger partial charge on any atom is -0.370 e. The minimum atomic E-state index is 0.181. The van der Waals surface area contributed by atoms with Gasteiger partial charge in [0.25, 0.3) is 0 Å². The van der Waals surface area contributed by atoms with Crippen LogP contribution in [-0.4, -0.2) is 16.5 Å². The molecule has 0 saturated carbocycles. The Balaban J connectivity index is 1.94. The molecule has 0 bridgehead atoms. The average Bonchev–Trinajstić information content (AvgIpc) is 2.30. The van der Waals surface area contributed by atoms with Gasteiger partial charge in [-0.25, -0.2) is 4.98 Å². The Morgan fingerprint density at radius 2 is 2.06 bits per heavy atom. The van der Waals surface area contributed by atoms with Gasteiger partial charge in [-0.15, -0.1) is 0 Å². The molecule has 2 aromatic rings. The van der Waals surface area contributed by atoms with Crippen LogP contribution in [0, 0.1) is 6.92 Å². The van der Waals surface area contributed by atoms with Gasteiger partial charge in [0.15, 0.2) is 0 Å². The number of nitrogen functional groups attached to an aromatic ring is 1. The first kappa shape index (κ1) is 12.6. The summed E-state index contributed by atoms with van der Waals surface area (Å²) in [6, 6.07) is 9.97. The first-order chi connectivity index (χ1) is 8.65. The molecule has 0 aliphatic rings. The van der Waals surface area contributed by atoms with Crippen molar-refractivity contribution in [1.29, 1.82) is 0 Å². The van der Waals surface area contributed by atoms with Crippen LogP contribution in [0.4, 0.5) is 11.8 Å². The van der Waals surface area contributed by atoms with Gasteiger partial charge in [-0.2, -0.15) is 4.98 Å². The summed E-state index contributed by atoms with van der Waals surface area (Å²) in [4.78, 5) is 7.87. The van der Waals surface area contributed by atoms with E-state index < -0.39 is 0 Å². The third-order valence-electron chi connectivity index (χ3n) is 2.67. The van der Waals surface area contributed by atoms with Crippen LogP contribution in [0.15, 0.2) is 30.3 Å². The predicted molar refractivity (Wildman–Crippen MR) is 74.8 cm³/mol. The molecule has 0 saturated heterocycles. The molecule has 0 radical (unpaired) electrons. The van der Waals surface area contributed by atoms with E-state index in [0.717, 1.165) is 13.0 Å². The smallest absolute Gasteiger partial charge is 0.223 e. The zero-order valence-electron chi connectivity index (χ0n) is 10.2. The van der Waals surface area contributed by atoms with Gasteiger partial charge in [-0.05, 0) is 24.5 Å². The van der Waals surface area contributed by atoms with Crippen LogP contribution >= 0.6 is 11.6 Å². The topological polar surface area (TPSA) is 63.8 Å². The zero-order chi connectivity index (χ0) is 13.0. The number of nitrogens with two attached hydrogens (primary N) is 1. The van der Waals surface area contributed by atoms with Crippen molar-refractivity contribution < 1.29 is 0 Å². The summed E-state index contributed by atoms with van der Waals surface area (Å²) in [6.07, 6.45) is 0.925. The molecule has 94 valence electrons. The number of anilines is 2. The number of benzene rings is 1. The number of aromatic nitrogens is 2. The number of hydrogen-bond acceptors (Lipinski definition) is 4. The van der Waals surface area contributed by atoms with Crippen molar-refractivity contribution in [3.05, 3.63) is 46.6 Å². The second-order valence-electron chi connectivity index (χ2n) is 4.04. The van der Waals surface area contributed by atoms with Crippen molar-refractivity contribution in [3.63, 3.8) is 0 Å². The minimum absolute atomic E-state index is 0.181. The Morgan fingerprint density at radius 1 is 1.28 bits per heavy atom. The van der Waals surface area contributed by atoms with E-state index in [1.54, 1.807) is 6.07 Å². The van der Waals surface area contributed by atoms with Gasteiger partial charge in [0.2, 0.25) is 5.95 Å². The van der Waals surface area contributed by atoms with Gasteiger partial charge in [0.1, 0.15) is 11.0 Å². The van der Waals surface area contributed by atoms with E-state index in [4.69, 9.17) is 17.3 Å². The maximum absolute atomic E-state index is 5.80. The maximum atomic E-state index is 5.80. The summed E-state index contributed by atoms with van der Waals surface area (Å²) in [5.41, 5.74) is 8.13. The summed E-state index contributed by atoms with van der Waals surface area (Å²) in [7, 11) is 0. The second-order valence-corrected chi connectivity index (χ2v) is 4.42. The van der Waals surface area contributed by atoms with Crippen molar-refractivity contribution in [2.24, 2.45) is 0 Å². The Morgan fingerprint density at radius 3 is 2.78 bits per heavy atom. The SMILES string of the molecule is Cc1ccccc1CCNc1cc(Cl)nc(N)n1. The van der Waals surface area contributed by atoms with Gasteiger partial charge >= 0.3 is 0 Å². The van der Waals surface area contributed by atoms with Gasteiger partial charge in [-0.1, -0.05) is 35.9 Å². The second kappa shape index (κ2) is 5.69. The molecule has 2 rings (SSSR count). The number of rotatable bonds is 4. The number of halogens is 1. The molecule has 5 heteroatoms. The molecule has 0 unspecified atom stereocenters. The molecule has 1 aromatic carbocycles. The highest BCUT2D eigenvalue weighted by molar-refractivity contribution is 6.29. The van der Waals surface area contributed by atoms with Gasteiger partial charge in [0, 0.05) is 12.6 Å². The van der Waals surface area contributed by atoms with Crippen molar-refractivity contribution in [3.8, 4) is 0 Å². The lowest BCUT2D eigenvalue weighted by Gasteiger charge is -2.08. The summed E-state index contributed by atoms with van der Waals surface area (Å²) in [5.74, 6) is 0.835. The Bertz CT molecular complexity index is 522. The van der Waals surface area contributed by atoms with Crippen molar-refractivity contribution >= 4 is 23.4 Å². The molecule has 0 spiro atoms. The maximum Gasteiger partial charge on any atom is 0.223 e. The first-order valence-corrected chi connectivity index (χ1v) is 6.11. The largest absolute Gasteiger partial charge is 0.370 e. The zero-order valence-corrected chi connectivity index (χ0v) is 10.9. The molecule has 0 amide bonds. The summed E-state index contributed by atoms with van der Waals surface area (Å²) < 4.78 is 0. The number of nitrogens with zero attached hydrogens (tertiary/aromatic N) is 2. The molecule has 0 aliphatic carbocycles. The Kier molecular flexibility index (Phi) is 3.99. The van der Waals surface area contributed by atoms with E-state index in [-0.39, 0.29) is 5.95 Å². The van der Waals surface area contributed by atoms with Crippen molar-refractivity contribution in [2.45, 2.75) is 13.3 Å². The fraction of sp³-hybridized carbons (Fsp3) is 0.231. The highest BCUT2D eigenvalue weighted by atomic mass is 35.5. The van der Waals surface area contributed by atoms with Crippen LogP contribution in [0.5, 0.6) is 0 Å². The van der Waals surface area contributed by atoms with Crippen molar-refractivity contribution in [1.82, 2.24) is 9.97 Å². The van der Waals surface area contributed by atoms with Crippen LogP contribution in [0.1, 0.15) is 11.1 Å². The normalized spacial score (nSPS) is 10.3. The van der Waals surface area contributed by atoms with Crippen LogP contribution in [0.3, 0.4) is 0 Å². The third kappa shape index (κ3) is 3.34. The highest BCUT2D eigenvalue weighted by Gasteiger charge is 2.01. The fourth-order valence-electron chi connectivity index (χ4n) is 1.74. The number of hydrogen-bond donors (Lipinski definition) is 2. The van der Waals surface area contributed by atoms with Crippen LogP contribution in [-0.2, 0) is 6.42 Å². The molecule has 18 heavy (non-hydrogen) atoms. The quantitative estimate of drug-likeness (QED) is 0.832. The van der Waals surface area contributed by atoms with E-state index in [2.05, 4.69) is 34.3 Å². The monoisotopic (exact) mass is 262 g/mol. The van der Waals surface area contributed by atoms with Crippen LogP contribution in [0.25, 0.3) is 0 Å². The third-order valence-corrected chi connectivity index (χ3v) is 2.87. The highest BCUT2D eigenvalue weighted by Crippen LogP contribution is 2.13. The lowest BCUT2D eigenvalue weighted by atomic mass is 10.1. The van der Waals surface area contributed by atoms with Crippen LogP contribution in [0.2, 0.25) is 5.15 Å². The standard InChI is InChI=1S/C13H15ClN4/c1-9-4-2-3-5-10(9)6-7-16-12-8-11(14)17-13(15)18-12/h2-5,8H,6-7H2,1H3,(H3,15,16,17,18). The molecule has 3 N–H and O–H groups in total. The van der Waals surface area contributed by atoms with E-state index in [0.29, 0.717) is 11.0 Å². The fourth-order valence-corrected chi connectivity index (χ4v) is 1.93.